The van der Waals surface area contributed by atoms with Gasteiger partial charge in [0.05, 0.1) is 27.8 Å². The molecule has 1 saturated carbocycles. The van der Waals surface area contributed by atoms with Gasteiger partial charge in [-0.2, -0.15) is 0 Å². The maximum Gasteiger partial charge on any atom is 0.0541 e. The summed E-state index contributed by atoms with van der Waals surface area (Å²) in [6.45, 7) is 0. The van der Waals surface area contributed by atoms with E-state index in [1.807, 2.05) is 0 Å². The van der Waals surface area contributed by atoms with E-state index in [1.165, 1.54) is 79.7 Å². The van der Waals surface area contributed by atoms with Crippen LogP contribution in [0.2, 0.25) is 0 Å². The lowest BCUT2D eigenvalue weighted by atomic mass is 9.64. The van der Waals surface area contributed by atoms with Crippen LogP contribution in [0, 0.1) is 0 Å². The third-order valence-corrected chi connectivity index (χ3v) is 10.3. The Bertz CT molecular complexity index is 2270. The summed E-state index contributed by atoms with van der Waals surface area (Å²) in [4.78, 5) is 0. The maximum absolute atomic E-state index is 3.62. The second-order valence-electron chi connectivity index (χ2n) is 12.6. The van der Waals surface area contributed by atoms with Crippen LogP contribution in [0.3, 0.4) is 0 Å². The van der Waals surface area contributed by atoms with Crippen molar-refractivity contribution in [3.05, 3.63) is 162 Å². The quantitative estimate of drug-likeness (QED) is 0.184. The van der Waals surface area contributed by atoms with Crippen LogP contribution in [-0.4, -0.2) is 9.13 Å². The van der Waals surface area contributed by atoms with Crippen molar-refractivity contribution in [1.82, 2.24) is 9.13 Å². The molecule has 2 heterocycles. The molecule has 7 aromatic rings. The van der Waals surface area contributed by atoms with Gasteiger partial charge < -0.3 is 9.13 Å². The van der Waals surface area contributed by atoms with E-state index in [1.54, 1.807) is 0 Å². The van der Waals surface area contributed by atoms with Crippen molar-refractivity contribution in [1.29, 1.82) is 0 Å². The van der Waals surface area contributed by atoms with E-state index in [-0.39, 0.29) is 5.41 Å². The zero-order valence-electron chi connectivity index (χ0n) is 25.3. The smallest absolute Gasteiger partial charge is 0.0541 e. The normalized spacial score (nSPS) is 16.4. The van der Waals surface area contributed by atoms with Crippen molar-refractivity contribution >= 4 is 49.3 Å². The van der Waals surface area contributed by atoms with Crippen LogP contribution in [0.5, 0.6) is 0 Å². The molecule has 0 aliphatic heterocycles. The minimum absolute atomic E-state index is 0.0226. The predicted molar refractivity (Wildman–Crippen MR) is 190 cm³/mol. The average molecular weight is 579 g/mol. The molecule has 1 fully saturated rings. The number of para-hydroxylation sites is 4. The number of rotatable bonds is 4. The zero-order chi connectivity index (χ0) is 29.8. The SMILES string of the molecule is C1=CC(n2c3ccccc3c3ccccc32)=CC=C(C2(c3ccc(-n4c5ccccc5c5ccccc54)cc3)CCCCC2)C=1. The number of nitrogens with zero attached hydrogens (tertiary/aromatic N) is 2. The fourth-order valence-electron chi connectivity index (χ4n) is 8.16. The standard InChI is InChI=1S/C43H34N2/c1-10-29-43(30-11-1,32-24-27-34(28-25-32)45-41-21-8-4-17-37(41)38-18-5-9-22-42(38)45)31-13-12-14-33(26-23-31)44-39-19-6-2-15-35(39)36-16-3-7-20-40(36)44/h2-9,13-28H,1,10-11,29-30H2. The highest BCUT2D eigenvalue weighted by molar-refractivity contribution is 6.11. The molecular formula is C43H34N2. The summed E-state index contributed by atoms with van der Waals surface area (Å²) in [6, 6.07) is 44.4. The average Bonchev–Trinajstić information content (AvgIpc) is 3.50. The highest BCUT2D eigenvalue weighted by Gasteiger charge is 2.36. The van der Waals surface area contributed by atoms with Crippen LogP contribution in [0.4, 0.5) is 0 Å². The number of benzene rings is 5. The van der Waals surface area contributed by atoms with Crippen LogP contribution in [0.1, 0.15) is 37.7 Å². The molecule has 2 aliphatic rings. The van der Waals surface area contributed by atoms with Crippen LogP contribution in [-0.2, 0) is 5.41 Å². The first kappa shape index (κ1) is 26.1. The monoisotopic (exact) mass is 578 g/mol. The summed E-state index contributed by atoms with van der Waals surface area (Å²) in [5.74, 6) is 0. The van der Waals surface area contributed by atoms with Crippen molar-refractivity contribution in [2.45, 2.75) is 37.5 Å². The van der Waals surface area contributed by atoms with Gasteiger partial charge in [0.1, 0.15) is 0 Å². The third-order valence-electron chi connectivity index (χ3n) is 10.3. The van der Waals surface area contributed by atoms with Gasteiger partial charge in [0, 0.05) is 38.7 Å². The van der Waals surface area contributed by atoms with Gasteiger partial charge in [0.25, 0.3) is 0 Å². The highest BCUT2D eigenvalue weighted by Crippen LogP contribution is 2.46. The fraction of sp³-hybridized carbons (Fsp3) is 0.140. The molecule has 0 spiro atoms. The molecule has 0 N–H and O–H groups in total. The Hall–Kier alpha value is -5.30. The summed E-state index contributed by atoms with van der Waals surface area (Å²) in [5, 5.41) is 5.17. The van der Waals surface area contributed by atoms with Gasteiger partial charge in [-0.05, 0) is 72.5 Å². The Morgan fingerprint density at radius 3 is 1.49 bits per heavy atom. The van der Waals surface area contributed by atoms with E-state index in [4.69, 9.17) is 0 Å². The predicted octanol–water partition coefficient (Wildman–Crippen LogP) is 11.3. The topological polar surface area (TPSA) is 9.86 Å². The second-order valence-corrected chi connectivity index (χ2v) is 12.6. The number of aromatic nitrogens is 2. The van der Waals surface area contributed by atoms with Crippen LogP contribution in [0.15, 0.2) is 157 Å². The molecule has 2 nitrogen and oxygen atoms in total. The van der Waals surface area contributed by atoms with Crippen LogP contribution < -0.4 is 0 Å². The molecule has 0 radical (unpaired) electrons. The molecule has 0 saturated heterocycles. The number of hydrogen-bond acceptors (Lipinski definition) is 0. The lowest BCUT2D eigenvalue weighted by Gasteiger charge is -2.39. The third kappa shape index (κ3) is 4.03. The summed E-state index contributed by atoms with van der Waals surface area (Å²) in [7, 11) is 0. The van der Waals surface area contributed by atoms with E-state index in [0.29, 0.717) is 0 Å². The van der Waals surface area contributed by atoms with E-state index in [0.717, 1.165) is 18.5 Å². The molecule has 45 heavy (non-hydrogen) atoms. The molecule has 2 heteroatoms. The minimum Gasteiger partial charge on any atom is -0.309 e. The van der Waals surface area contributed by atoms with E-state index in [2.05, 4.69) is 160 Å². The van der Waals surface area contributed by atoms with E-state index >= 15 is 0 Å². The lowest BCUT2D eigenvalue weighted by Crippen LogP contribution is -2.30. The highest BCUT2D eigenvalue weighted by atomic mass is 15.0. The van der Waals surface area contributed by atoms with E-state index in [9.17, 15) is 0 Å². The van der Waals surface area contributed by atoms with Gasteiger partial charge in [0.15, 0.2) is 0 Å². The summed E-state index contributed by atoms with van der Waals surface area (Å²) < 4.78 is 4.80. The van der Waals surface area contributed by atoms with Gasteiger partial charge in [-0.1, -0.05) is 110 Å². The molecular weight excluding hydrogens is 544 g/mol. The summed E-state index contributed by atoms with van der Waals surface area (Å²) in [6.07, 6.45) is 15.2. The Morgan fingerprint density at radius 1 is 0.467 bits per heavy atom. The number of allylic oxidation sites excluding steroid dienone is 5. The molecule has 0 bridgehead atoms. The van der Waals surface area contributed by atoms with Crippen molar-refractivity contribution in [2.24, 2.45) is 0 Å². The molecule has 9 rings (SSSR count). The van der Waals surface area contributed by atoms with Gasteiger partial charge in [-0.25, -0.2) is 0 Å². The van der Waals surface area contributed by atoms with Crippen molar-refractivity contribution < 1.29 is 0 Å². The second kappa shape index (κ2) is 10.4. The van der Waals surface area contributed by atoms with Crippen molar-refractivity contribution in [3.8, 4) is 5.69 Å². The Labute approximate surface area is 263 Å². The van der Waals surface area contributed by atoms with Crippen LogP contribution >= 0.6 is 0 Å². The molecule has 2 aromatic heterocycles. The molecule has 0 unspecified atom stereocenters. The molecule has 216 valence electrons. The molecule has 0 amide bonds. The fourth-order valence-corrected chi connectivity index (χ4v) is 8.16. The lowest BCUT2D eigenvalue weighted by molar-refractivity contribution is 0.345. The van der Waals surface area contributed by atoms with Gasteiger partial charge in [-0.15, -0.1) is 5.73 Å². The van der Waals surface area contributed by atoms with Gasteiger partial charge in [0.2, 0.25) is 0 Å². The van der Waals surface area contributed by atoms with Gasteiger partial charge >= 0.3 is 0 Å². The maximum atomic E-state index is 3.62. The van der Waals surface area contributed by atoms with Crippen molar-refractivity contribution in [2.75, 3.05) is 0 Å². The molecule has 0 atom stereocenters. The Kier molecular flexibility index (Phi) is 6.04. The number of hydrogen-bond donors (Lipinski definition) is 0. The Balaban J connectivity index is 1.16. The largest absolute Gasteiger partial charge is 0.309 e. The molecule has 5 aromatic carbocycles. The molecule has 2 aliphatic carbocycles. The zero-order valence-corrected chi connectivity index (χ0v) is 25.3. The first-order chi connectivity index (χ1) is 22.3. The minimum atomic E-state index is -0.0226. The first-order valence-electron chi connectivity index (χ1n) is 16.2. The summed E-state index contributed by atoms with van der Waals surface area (Å²) >= 11 is 0. The summed E-state index contributed by atoms with van der Waals surface area (Å²) in [5.41, 5.74) is 13.7. The van der Waals surface area contributed by atoms with E-state index < -0.39 is 0 Å². The first-order valence-corrected chi connectivity index (χ1v) is 16.2. The van der Waals surface area contributed by atoms with Crippen molar-refractivity contribution in [3.63, 3.8) is 0 Å². The Morgan fingerprint density at radius 2 is 0.956 bits per heavy atom. The van der Waals surface area contributed by atoms with Crippen LogP contribution in [0.25, 0.3) is 55.0 Å². The number of fused-ring (bicyclic) bond motifs is 6. The van der Waals surface area contributed by atoms with Gasteiger partial charge in [-0.3, -0.25) is 0 Å².